The molecular weight excluding hydrogens is 492 g/mol. The number of nitrogens with zero attached hydrogens (tertiary/aromatic N) is 1. The summed E-state index contributed by atoms with van der Waals surface area (Å²) >= 11 is 4.18. The zero-order chi connectivity index (χ0) is 22.8. The number of hydrogen-bond acceptors (Lipinski definition) is 5. The Morgan fingerprint density at radius 2 is 1.81 bits per heavy atom. The highest BCUT2D eigenvalue weighted by molar-refractivity contribution is 9.10. The van der Waals surface area contributed by atoms with Crippen LogP contribution in [0.1, 0.15) is 16.9 Å². The van der Waals surface area contributed by atoms with Crippen LogP contribution in [0.3, 0.4) is 0 Å². The fraction of sp³-hybridized carbons (Fsp3) is 0.125. The molecule has 0 saturated carbocycles. The highest BCUT2D eigenvalue weighted by atomic mass is 79.9. The van der Waals surface area contributed by atoms with Gasteiger partial charge in [-0.05, 0) is 73.1 Å². The predicted molar refractivity (Wildman–Crippen MR) is 129 cm³/mol. The summed E-state index contributed by atoms with van der Waals surface area (Å²) in [7, 11) is 0. The zero-order valence-electron chi connectivity index (χ0n) is 17.3. The van der Waals surface area contributed by atoms with Gasteiger partial charge in [-0.25, -0.2) is 0 Å². The van der Waals surface area contributed by atoms with E-state index in [-0.39, 0.29) is 11.4 Å². The molecule has 8 heteroatoms. The van der Waals surface area contributed by atoms with Gasteiger partial charge in [0.2, 0.25) is 5.91 Å². The fourth-order valence-electron chi connectivity index (χ4n) is 3.13. The molecule has 1 aliphatic heterocycles. The highest BCUT2D eigenvalue weighted by Gasteiger charge is 2.36. The number of rotatable bonds is 5. The molecule has 0 unspecified atom stereocenters. The summed E-state index contributed by atoms with van der Waals surface area (Å²) in [6, 6.07) is 16.7. The minimum Gasteiger partial charge on any atom is -0.457 e. The molecule has 162 valence electrons. The number of benzene rings is 2. The normalized spacial score (nSPS) is 15.0. The molecule has 0 spiro atoms. The molecule has 0 atom stereocenters. The van der Waals surface area contributed by atoms with Crippen LogP contribution >= 0.6 is 27.7 Å². The van der Waals surface area contributed by atoms with Gasteiger partial charge in [0.15, 0.2) is 0 Å². The van der Waals surface area contributed by atoms with E-state index in [4.69, 9.17) is 4.42 Å². The van der Waals surface area contributed by atoms with Gasteiger partial charge in [0, 0.05) is 21.8 Å². The van der Waals surface area contributed by atoms with Gasteiger partial charge in [0.05, 0.1) is 4.91 Å². The molecule has 3 amide bonds. The second kappa shape index (κ2) is 9.18. The number of thioether (sulfide) groups is 1. The van der Waals surface area contributed by atoms with Crippen LogP contribution in [0.5, 0.6) is 0 Å². The first kappa shape index (κ1) is 22.1. The van der Waals surface area contributed by atoms with E-state index in [0.29, 0.717) is 17.2 Å². The molecule has 1 aliphatic rings. The first-order valence-corrected chi connectivity index (χ1v) is 11.4. The Morgan fingerprint density at radius 1 is 1.06 bits per heavy atom. The first-order chi connectivity index (χ1) is 15.3. The maximum atomic E-state index is 12.7. The van der Waals surface area contributed by atoms with E-state index in [9.17, 15) is 14.4 Å². The molecule has 1 saturated heterocycles. The van der Waals surface area contributed by atoms with Gasteiger partial charge in [-0.1, -0.05) is 34.1 Å². The summed E-state index contributed by atoms with van der Waals surface area (Å²) in [5, 5.41) is 2.24. The average Bonchev–Trinajstić information content (AvgIpc) is 3.32. The lowest BCUT2D eigenvalue weighted by Crippen LogP contribution is -2.36. The Hall–Kier alpha value is -3.10. The number of carbonyl (C=O) groups is 3. The Balaban J connectivity index is 1.44. The van der Waals surface area contributed by atoms with Crippen LogP contribution in [0, 0.1) is 13.8 Å². The number of hydrogen-bond donors (Lipinski definition) is 1. The van der Waals surface area contributed by atoms with Gasteiger partial charge in [-0.3, -0.25) is 19.3 Å². The quantitative estimate of drug-likeness (QED) is 0.425. The van der Waals surface area contributed by atoms with Gasteiger partial charge in [0.25, 0.3) is 11.1 Å². The number of amides is 3. The first-order valence-electron chi connectivity index (χ1n) is 9.78. The summed E-state index contributed by atoms with van der Waals surface area (Å²) < 4.78 is 6.77. The van der Waals surface area contributed by atoms with Crippen LogP contribution < -0.4 is 5.32 Å². The number of nitrogens with one attached hydrogen (secondary N) is 1. The van der Waals surface area contributed by atoms with Crippen LogP contribution in [0.25, 0.3) is 17.4 Å². The second-order valence-electron chi connectivity index (χ2n) is 7.32. The number of imide groups is 1. The van der Waals surface area contributed by atoms with Crippen molar-refractivity contribution in [1.82, 2.24) is 4.90 Å². The van der Waals surface area contributed by atoms with E-state index in [1.807, 2.05) is 50.2 Å². The smallest absolute Gasteiger partial charge is 0.294 e. The third kappa shape index (κ3) is 4.87. The van der Waals surface area contributed by atoms with Crippen LogP contribution in [0.15, 0.2) is 68.4 Å². The molecule has 1 N–H and O–H groups in total. The number of anilines is 1. The zero-order valence-corrected chi connectivity index (χ0v) is 19.7. The van der Waals surface area contributed by atoms with Crippen LogP contribution in [0.4, 0.5) is 10.5 Å². The van der Waals surface area contributed by atoms with Crippen molar-refractivity contribution in [3.63, 3.8) is 0 Å². The minimum absolute atomic E-state index is 0.214. The highest BCUT2D eigenvalue weighted by Crippen LogP contribution is 2.33. The van der Waals surface area contributed by atoms with Crippen LogP contribution in [0.2, 0.25) is 0 Å². The minimum atomic E-state index is -0.517. The van der Waals surface area contributed by atoms with Gasteiger partial charge in [0.1, 0.15) is 18.1 Å². The molecule has 3 aromatic rings. The van der Waals surface area contributed by atoms with E-state index in [2.05, 4.69) is 21.2 Å². The molecule has 4 rings (SSSR count). The van der Waals surface area contributed by atoms with Crippen molar-refractivity contribution in [3.05, 3.63) is 80.9 Å². The lowest BCUT2D eigenvalue weighted by molar-refractivity contribution is -0.127. The Kier molecular flexibility index (Phi) is 6.34. The average molecular weight is 511 g/mol. The number of halogens is 1. The van der Waals surface area contributed by atoms with Crippen molar-refractivity contribution in [3.8, 4) is 11.3 Å². The fourth-order valence-corrected chi connectivity index (χ4v) is 4.21. The standard InChI is InChI=1S/C24H19BrN2O4S/c1-14-3-8-18(11-15(14)2)26-22(28)13-27-23(29)21(32-24(27)30)12-19-9-10-20(31-19)16-4-6-17(25)7-5-16/h3-12H,13H2,1-2H3,(H,26,28)/b21-12-. The molecule has 32 heavy (non-hydrogen) atoms. The summed E-state index contributed by atoms with van der Waals surface area (Å²) in [4.78, 5) is 38.6. The maximum absolute atomic E-state index is 12.7. The largest absolute Gasteiger partial charge is 0.457 e. The van der Waals surface area contributed by atoms with E-state index < -0.39 is 17.1 Å². The summed E-state index contributed by atoms with van der Waals surface area (Å²) in [5.41, 5.74) is 3.67. The summed E-state index contributed by atoms with van der Waals surface area (Å²) in [6.45, 7) is 3.58. The van der Waals surface area contributed by atoms with Crippen LogP contribution in [-0.2, 0) is 9.59 Å². The van der Waals surface area contributed by atoms with E-state index >= 15 is 0 Å². The second-order valence-corrected chi connectivity index (χ2v) is 9.23. The van der Waals surface area contributed by atoms with Crippen molar-refractivity contribution >= 4 is 56.5 Å². The van der Waals surface area contributed by atoms with Gasteiger partial charge >= 0.3 is 0 Å². The third-order valence-electron chi connectivity index (χ3n) is 4.99. The van der Waals surface area contributed by atoms with Crippen molar-refractivity contribution in [2.75, 3.05) is 11.9 Å². The van der Waals surface area contributed by atoms with Crippen molar-refractivity contribution in [2.45, 2.75) is 13.8 Å². The Bertz CT molecular complexity index is 1250. The van der Waals surface area contributed by atoms with Gasteiger partial charge in [-0.15, -0.1) is 0 Å². The van der Waals surface area contributed by atoms with E-state index in [1.54, 1.807) is 18.2 Å². The van der Waals surface area contributed by atoms with Gasteiger partial charge < -0.3 is 9.73 Å². The number of carbonyl (C=O) groups excluding carboxylic acids is 3. The molecular formula is C24H19BrN2O4S. The Morgan fingerprint density at radius 3 is 2.53 bits per heavy atom. The van der Waals surface area contributed by atoms with Crippen molar-refractivity contribution in [2.24, 2.45) is 0 Å². The molecule has 1 aromatic heterocycles. The third-order valence-corrected chi connectivity index (χ3v) is 6.43. The lowest BCUT2D eigenvalue weighted by atomic mass is 10.1. The molecule has 6 nitrogen and oxygen atoms in total. The van der Waals surface area contributed by atoms with Crippen LogP contribution in [-0.4, -0.2) is 28.5 Å². The van der Waals surface area contributed by atoms with Gasteiger partial charge in [-0.2, -0.15) is 0 Å². The van der Waals surface area contributed by atoms with E-state index in [1.165, 1.54) is 6.08 Å². The molecule has 0 bridgehead atoms. The summed E-state index contributed by atoms with van der Waals surface area (Å²) in [6.07, 6.45) is 1.52. The lowest BCUT2D eigenvalue weighted by Gasteiger charge is -2.13. The number of furan rings is 1. The maximum Gasteiger partial charge on any atom is 0.294 e. The monoisotopic (exact) mass is 510 g/mol. The number of aryl methyl sites for hydroxylation is 2. The van der Waals surface area contributed by atoms with Crippen molar-refractivity contribution in [1.29, 1.82) is 0 Å². The Labute approximate surface area is 197 Å². The molecule has 0 aliphatic carbocycles. The SMILES string of the molecule is Cc1ccc(NC(=O)CN2C(=O)S/C(=C\c3ccc(-c4ccc(Br)cc4)o3)C2=O)cc1C. The molecule has 2 aromatic carbocycles. The molecule has 2 heterocycles. The van der Waals surface area contributed by atoms with E-state index in [0.717, 1.165) is 37.8 Å². The molecule has 0 radical (unpaired) electrons. The summed E-state index contributed by atoms with van der Waals surface area (Å²) in [5.74, 6) is 0.146. The predicted octanol–water partition coefficient (Wildman–Crippen LogP) is 6.00. The molecule has 1 fully saturated rings. The van der Waals surface area contributed by atoms with Crippen molar-refractivity contribution < 1.29 is 18.8 Å². The topological polar surface area (TPSA) is 79.6 Å².